The smallest absolute Gasteiger partial charge is 0.271 e. The predicted molar refractivity (Wildman–Crippen MR) is 135 cm³/mol. The van der Waals surface area contributed by atoms with Crippen LogP contribution in [0.4, 0.5) is 14.5 Å². The number of rotatable bonds is 4. The van der Waals surface area contributed by atoms with Gasteiger partial charge >= 0.3 is 0 Å². The Kier molecular flexibility index (Phi) is 6.26. The van der Waals surface area contributed by atoms with Gasteiger partial charge in [0.05, 0.1) is 17.4 Å². The van der Waals surface area contributed by atoms with Gasteiger partial charge in [-0.05, 0) is 48.5 Å². The first-order chi connectivity index (χ1) is 17.6. The first kappa shape index (κ1) is 24.6. The molecule has 186 valence electrons. The van der Waals surface area contributed by atoms with Gasteiger partial charge in [0.15, 0.2) is 0 Å². The Morgan fingerprint density at radius 3 is 2.54 bits per heavy atom. The van der Waals surface area contributed by atoms with Crippen LogP contribution >= 0.6 is 23.2 Å². The van der Waals surface area contributed by atoms with E-state index in [1.54, 1.807) is 7.05 Å². The van der Waals surface area contributed by atoms with E-state index in [1.807, 2.05) is 0 Å². The van der Waals surface area contributed by atoms with Gasteiger partial charge in [0.2, 0.25) is 5.56 Å². The summed E-state index contributed by atoms with van der Waals surface area (Å²) in [5, 5.41) is 5.65. The fraction of sp³-hybridized carbons (Fsp3) is 0.0769. The largest absolute Gasteiger partial charge is 0.340 e. The van der Waals surface area contributed by atoms with Gasteiger partial charge in [-0.2, -0.15) is 0 Å². The highest BCUT2D eigenvalue weighted by molar-refractivity contribution is 6.31. The van der Waals surface area contributed by atoms with Crippen LogP contribution in [-0.2, 0) is 7.05 Å². The Morgan fingerprint density at radius 1 is 1.03 bits per heavy atom. The lowest BCUT2D eigenvalue weighted by Crippen LogP contribution is -2.21. The number of aryl methyl sites for hydroxylation is 1. The highest BCUT2D eigenvalue weighted by atomic mass is 35.5. The molecule has 1 aliphatic heterocycles. The number of benzene rings is 2. The topological polar surface area (TPSA) is 93.1 Å². The van der Waals surface area contributed by atoms with Crippen LogP contribution in [0.2, 0.25) is 10.0 Å². The van der Waals surface area contributed by atoms with E-state index >= 15 is 0 Å². The summed E-state index contributed by atoms with van der Waals surface area (Å²) in [5.41, 5.74) is 1.11. The highest BCUT2D eigenvalue weighted by Gasteiger charge is 2.36. The molecule has 0 spiro atoms. The summed E-state index contributed by atoms with van der Waals surface area (Å²) in [4.78, 5) is 42.5. The number of fused-ring (bicyclic) bond motifs is 1. The summed E-state index contributed by atoms with van der Waals surface area (Å²) in [6, 6.07) is 10.5. The number of halogens is 4. The van der Waals surface area contributed by atoms with Crippen LogP contribution in [0.15, 0.2) is 65.6 Å². The van der Waals surface area contributed by atoms with Crippen LogP contribution < -0.4 is 16.2 Å². The summed E-state index contributed by atoms with van der Waals surface area (Å²) in [7, 11) is 1.56. The fourth-order valence-corrected chi connectivity index (χ4v) is 4.59. The van der Waals surface area contributed by atoms with Crippen molar-refractivity contribution in [3.05, 3.63) is 115 Å². The molecule has 11 heteroatoms. The minimum atomic E-state index is -0.932. The van der Waals surface area contributed by atoms with Crippen LogP contribution in [0.3, 0.4) is 0 Å². The molecule has 1 unspecified atom stereocenters. The molecule has 0 saturated heterocycles. The molecule has 5 rings (SSSR count). The monoisotopic (exact) mass is 540 g/mol. The summed E-state index contributed by atoms with van der Waals surface area (Å²) in [6.45, 7) is 0. The Labute approximate surface area is 218 Å². The number of amides is 2. The van der Waals surface area contributed by atoms with Gasteiger partial charge in [-0.3, -0.25) is 14.4 Å². The first-order valence-electron chi connectivity index (χ1n) is 10.9. The number of hydrogen-bond donors (Lipinski definition) is 2. The van der Waals surface area contributed by atoms with E-state index in [0.717, 1.165) is 12.1 Å². The van der Waals surface area contributed by atoms with Crippen LogP contribution in [-0.4, -0.2) is 21.4 Å². The molecular weight excluding hydrogens is 525 g/mol. The minimum Gasteiger partial charge on any atom is -0.340 e. The van der Waals surface area contributed by atoms with Crippen LogP contribution in [0.5, 0.6) is 0 Å². The van der Waals surface area contributed by atoms with Crippen molar-refractivity contribution in [1.29, 1.82) is 0 Å². The Balaban J connectivity index is 1.69. The average molecular weight is 541 g/mol. The number of carbonyl (C=O) groups excluding carboxylic acids is 2. The number of hydrogen-bond acceptors (Lipinski definition) is 4. The molecule has 4 aromatic rings. The van der Waals surface area contributed by atoms with Crippen LogP contribution in [0.1, 0.15) is 38.0 Å². The summed E-state index contributed by atoms with van der Waals surface area (Å²) in [6.07, 6.45) is 1.53. The lowest BCUT2D eigenvalue weighted by atomic mass is 9.97. The minimum absolute atomic E-state index is 0.0238. The van der Waals surface area contributed by atoms with Gasteiger partial charge in [0.25, 0.3) is 11.8 Å². The van der Waals surface area contributed by atoms with E-state index < -0.39 is 29.5 Å². The Hall–Kier alpha value is -4.08. The molecule has 3 heterocycles. The van der Waals surface area contributed by atoms with Crippen molar-refractivity contribution < 1.29 is 18.4 Å². The van der Waals surface area contributed by atoms with Crippen LogP contribution in [0, 0.1) is 11.6 Å². The maximum Gasteiger partial charge on any atom is 0.271 e. The number of aromatic nitrogens is 2. The molecule has 7 nitrogen and oxygen atoms in total. The molecule has 2 aromatic heterocycles. The molecule has 1 atom stereocenters. The number of anilines is 1. The van der Waals surface area contributed by atoms with Gasteiger partial charge in [0.1, 0.15) is 17.3 Å². The Morgan fingerprint density at radius 2 is 1.81 bits per heavy atom. The second kappa shape index (κ2) is 9.42. The molecular formula is C26H16Cl2F2N4O3. The number of pyridine rings is 2. The van der Waals surface area contributed by atoms with Crippen molar-refractivity contribution in [2.45, 2.75) is 6.04 Å². The molecule has 1 aliphatic rings. The van der Waals surface area contributed by atoms with Crippen molar-refractivity contribution in [2.75, 3.05) is 5.32 Å². The summed E-state index contributed by atoms with van der Waals surface area (Å²) < 4.78 is 29.4. The first-order valence-corrected chi connectivity index (χ1v) is 11.6. The maximum absolute atomic E-state index is 14.1. The standard InChI is InChI=1S/C26H16Cl2F2N4O3/c1-34-11-12(2-5-21(34)35)19-10-20(32-25(36)13-6-14(27)8-16(30)7-13)22-23(33-26(37)24(22)31-19)17-9-15(29)3-4-18(17)28/h2-11,23H,1H3,(H,33,37)(H,31,32,36). The zero-order valence-corrected chi connectivity index (χ0v) is 20.5. The second-order valence-electron chi connectivity index (χ2n) is 8.37. The third-order valence-corrected chi connectivity index (χ3v) is 6.42. The fourth-order valence-electron chi connectivity index (χ4n) is 4.14. The second-order valence-corrected chi connectivity index (χ2v) is 9.21. The average Bonchev–Trinajstić information content (AvgIpc) is 3.18. The number of nitrogens with zero attached hydrogens (tertiary/aromatic N) is 2. The predicted octanol–water partition coefficient (Wildman–Crippen LogP) is 5.12. The van der Waals surface area contributed by atoms with E-state index in [4.69, 9.17) is 23.2 Å². The molecule has 0 saturated carbocycles. The third kappa shape index (κ3) is 4.71. The van der Waals surface area contributed by atoms with E-state index in [-0.39, 0.29) is 49.4 Å². The molecule has 2 aromatic carbocycles. The van der Waals surface area contributed by atoms with Gasteiger partial charge in [-0.1, -0.05) is 23.2 Å². The van der Waals surface area contributed by atoms with E-state index in [0.29, 0.717) is 5.56 Å². The number of nitrogens with one attached hydrogen (secondary N) is 2. The van der Waals surface area contributed by atoms with Crippen LogP contribution in [0.25, 0.3) is 11.3 Å². The zero-order valence-electron chi connectivity index (χ0n) is 19.0. The van der Waals surface area contributed by atoms with Crippen molar-refractivity contribution in [2.24, 2.45) is 7.05 Å². The molecule has 0 aliphatic carbocycles. The molecule has 0 radical (unpaired) electrons. The van der Waals surface area contributed by atoms with Gasteiger partial charge in [-0.15, -0.1) is 0 Å². The highest BCUT2D eigenvalue weighted by Crippen LogP contribution is 2.40. The van der Waals surface area contributed by atoms with E-state index in [1.165, 1.54) is 53.2 Å². The molecule has 0 fully saturated rings. The molecule has 2 amide bonds. The molecule has 37 heavy (non-hydrogen) atoms. The third-order valence-electron chi connectivity index (χ3n) is 5.86. The lowest BCUT2D eigenvalue weighted by molar-refractivity contribution is 0.0955. The zero-order chi connectivity index (χ0) is 26.4. The Bertz CT molecular complexity index is 1650. The summed E-state index contributed by atoms with van der Waals surface area (Å²) in [5.74, 6) is -2.55. The van der Waals surface area contributed by atoms with E-state index in [2.05, 4.69) is 15.6 Å². The lowest BCUT2D eigenvalue weighted by Gasteiger charge is -2.18. The van der Waals surface area contributed by atoms with Gasteiger partial charge in [-0.25, -0.2) is 13.8 Å². The number of carbonyl (C=O) groups is 2. The van der Waals surface area contributed by atoms with Crippen molar-refractivity contribution in [1.82, 2.24) is 14.9 Å². The maximum atomic E-state index is 14.1. The normalized spacial score (nSPS) is 14.3. The SMILES string of the molecule is Cn1cc(-c2cc(NC(=O)c3cc(F)cc(Cl)c3)c3c(n2)C(=O)NC3c2cc(F)ccc2Cl)ccc1=O. The van der Waals surface area contributed by atoms with Gasteiger partial charge in [0, 0.05) is 51.6 Å². The quantitative estimate of drug-likeness (QED) is 0.375. The molecule has 0 bridgehead atoms. The van der Waals surface area contributed by atoms with Crippen molar-refractivity contribution in [3.8, 4) is 11.3 Å². The van der Waals surface area contributed by atoms with Crippen molar-refractivity contribution in [3.63, 3.8) is 0 Å². The summed E-state index contributed by atoms with van der Waals surface area (Å²) >= 11 is 12.2. The van der Waals surface area contributed by atoms with Gasteiger partial charge < -0.3 is 15.2 Å². The molecule has 2 N–H and O–H groups in total. The van der Waals surface area contributed by atoms with E-state index in [9.17, 15) is 23.2 Å². The van der Waals surface area contributed by atoms with Crippen molar-refractivity contribution >= 4 is 40.7 Å².